The molecule has 1 aliphatic rings. The zero-order chi connectivity index (χ0) is 14.8. The van der Waals surface area contributed by atoms with Crippen molar-refractivity contribution in [3.8, 4) is 0 Å². The standard InChI is InChI=1S/C15H23N3O2/c1-15(2,3)14(17-9-7-16-8-10-17)12-5-4-6-13(11-12)18(19)20/h4-6,11,14,16H,7-10H2,1-3H3/t14-/m1/s1. The predicted molar refractivity (Wildman–Crippen MR) is 79.7 cm³/mol. The minimum atomic E-state index is -0.318. The van der Waals surface area contributed by atoms with Gasteiger partial charge in [-0.1, -0.05) is 32.9 Å². The lowest BCUT2D eigenvalue weighted by atomic mass is 9.81. The van der Waals surface area contributed by atoms with Crippen molar-refractivity contribution in [2.24, 2.45) is 5.41 Å². The summed E-state index contributed by atoms with van der Waals surface area (Å²) < 4.78 is 0. The van der Waals surface area contributed by atoms with Crippen LogP contribution in [0, 0.1) is 15.5 Å². The molecule has 1 heterocycles. The molecule has 1 aliphatic heterocycles. The third-order valence-electron chi connectivity index (χ3n) is 3.73. The van der Waals surface area contributed by atoms with E-state index in [2.05, 4.69) is 31.0 Å². The number of nitrogens with one attached hydrogen (secondary N) is 1. The Kier molecular flexibility index (Phi) is 4.40. The molecule has 0 aromatic heterocycles. The van der Waals surface area contributed by atoms with Gasteiger partial charge in [0.25, 0.3) is 5.69 Å². The van der Waals surface area contributed by atoms with Crippen LogP contribution in [0.2, 0.25) is 0 Å². The quantitative estimate of drug-likeness (QED) is 0.681. The molecule has 110 valence electrons. The van der Waals surface area contributed by atoms with Crippen LogP contribution in [-0.4, -0.2) is 36.0 Å². The number of hydrogen-bond acceptors (Lipinski definition) is 4. The normalized spacial score (nSPS) is 18.8. The lowest BCUT2D eigenvalue weighted by molar-refractivity contribution is -0.385. The van der Waals surface area contributed by atoms with E-state index in [4.69, 9.17) is 0 Å². The molecule has 0 spiro atoms. The molecule has 0 saturated carbocycles. The molecule has 0 unspecified atom stereocenters. The van der Waals surface area contributed by atoms with Gasteiger partial charge < -0.3 is 5.32 Å². The lowest BCUT2D eigenvalue weighted by Gasteiger charge is -2.42. The molecule has 5 nitrogen and oxygen atoms in total. The molecule has 5 heteroatoms. The third-order valence-corrected chi connectivity index (χ3v) is 3.73. The Labute approximate surface area is 120 Å². The highest BCUT2D eigenvalue weighted by Gasteiger charge is 2.33. The van der Waals surface area contributed by atoms with E-state index in [9.17, 15) is 10.1 Å². The summed E-state index contributed by atoms with van der Waals surface area (Å²) in [5, 5.41) is 14.3. The van der Waals surface area contributed by atoms with Gasteiger partial charge in [0, 0.05) is 44.4 Å². The van der Waals surface area contributed by atoms with Crippen LogP contribution in [0.5, 0.6) is 0 Å². The van der Waals surface area contributed by atoms with Gasteiger partial charge in [0.05, 0.1) is 4.92 Å². The van der Waals surface area contributed by atoms with Crippen LogP contribution in [0.3, 0.4) is 0 Å². The fourth-order valence-corrected chi connectivity index (χ4v) is 3.01. The molecular weight excluding hydrogens is 254 g/mol. The van der Waals surface area contributed by atoms with Gasteiger partial charge in [0.2, 0.25) is 0 Å². The molecule has 0 aliphatic carbocycles. The van der Waals surface area contributed by atoms with Gasteiger partial charge in [0.1, 0.15) is 0 Å². The summed E-state index contributed by atoms with van der Waals surface area (Å²) in [7, 11) is 0. The van der Waals surface area contributed by atoms with Crippen molar-refractivity contribution in [1.82, 2.24) is 10.2 Å². The lowest BCUT2D eigenvalue weighted by Crippen LogP contribution is -2.48. The fourth-order valence-electron chi connectivity index (χ4n) is 3.01. The number of hydrogen-bond donors (Lipinski definition) is 1. The SMILES string of the molecule is CC(C)(C)[C@@H](c1cccc([N+](=O)[O-])c1)N1CCNCC1. The van der Waals surface area contributed by atoms with Gasteiger partial charge in [0.15, 0.2) is 0 Å². The number of nitro benzene ring substituents is 1. The molecule has 1 N–H and O–H groups in total. The minimum absolute atomic E-state index is 0.0343. The number of nitro groups is 1. The van der Waals surface area contributed by atoms with Crippen LogP contribution in [-0.2, 0) is 0 Å². The van der Waals surface area contributed by atoms with Gasteiger partial charge in [-0.25, -0.2) is 0 Å². The first-order chi connectivity index (χ1) is 9.39. The number of benzene rings is 1. The molecule has 20 heavy (non-hydrogen) atoms. The number of nitrogens with zero attached hydrogens (tertiary/aromatic N) is 2. The highest BCUT2D eigenvalue weighted by atomic mass is 16.6. The molecule has 1 atom stereocenters. The third kappa shape index (κ3) is 3.35. The van der Waals surface area contributed by atoms with Crippen LogP contribution >= 0.6 is 0 Å². The summed E-state index contributed by atoms with van der Waals surface area (Å²) in [6.45, 7) is 10.5. The van der Waals surface area contributed by atoms with E-state index in [1.165, 1.54) is 0 Å². The first kappa shape index (κ1) is 14.9. The zero-order valence-corrected chi connectivity index (χ0v) is 12.4. The van der Waals surface area contributed by atoms with E-state index in [-0.39, 0.29) is 22.1 Å². The van der Waals surface area contributed by atoms with Crippen molar-refractivity contribution in [3.05, 3.63) is 39.9 Å². The van der Waals surface area contributed by atoms with E-state index in [1.807, 2.05) is 6.07 Å². The van der Waals surface area contributed by atoms with E-state index < -0.39 is 0 Å². The first-order valence-electron chi connectivity index (χ1n) is 7.09. The molecule has 1 saturated heterocycles. The average molecular weight is 277 g/mol. The summed E-state index contributed by atoms with van der Waals surface area (Å²) >= 11 is 0. The molecule has 1 aromatic carbocycles. The smallest absolute Gasteiger partial charge is 0.269 e. The van der Waals surface area contributed by atoms with Gasteiger partial charge in [-0.3, -0.25) is 15.0 Å². The minimum Gasteiger partial charge on any atom is -0.314 e. The highest BCUT2D eigenvalue weighted by Crippen LogP contribution is 2.38. The predicted octanol–water partition coefficient (Wildman–Crippen LogP) is 2.59. The summed E-state index contributed by atoms with van der Waals surface area (Å²) in [5.74, 6) is 0. The van der Waals surface area contributed by atoms with Crippen LogP contribution in [0.4, 0.5) is 5.69 Å². The van der Waals surface area contributed by atoms with Gasteiger partial charge >= 0.3 is 0 Å². The Morgan fingerprint density at radius 3 is 2.50 bits per heavy atom. The van der Waals surface area contributed by atoms with Crippen molar-refractivity contribution < 1.29 is 4.92 Å². The monoisotopic (exact) mass is 277 g/mol. The number of rotatable bonds is 3. The zero-order valence-electron chi connectivity index (χ0n) is 12.4. The van der Waals surface area contributed by atoms with E-state index in [0.717, 1.165) is 31.7 Å². The molecular formula is C15H23N3O2. The second-order valence-electron chi connectivity index (χ2n) is 6.41. The first-order valence-corrected chi connectivity index (χ1v) is 7.09. The molecule has 2 rings (SSSR count). The van der Waals surface area contributed by atoms with Crippen LogP contribution in [0.1, 0.15) is 32.4 Å². The maximum absolute atomic E-state index is 11.0. The molecule has 1 fully saturated rings. The van der Waals surface area contributed by atoms with E-state index in [0.29, 0.717) is 0 Å². The topological polar surface area (TPSA) is 58.4 Å². The highest BCUT2D eigenvalue weighted by molar-refractivity contribution is 5.36. The van der Waals surface area contributed by atoms with Crippen molar-refractivity contribution in [2.75, 3.05) is 26.2 Å². The average Bonchev–Trinajstić information content (AvgIpc) is 2.39. The van der Waals surface area contributed by atoms with Crippen molar-refractivity contribution in [2.45, 2.75) is 26.8 Å². The Morgan fingerprint density at radius 1 is 1.30 bits per heavy atom. The van der Waals surface area contributed by atoms with Gasteiger partial charge in [-0.2, -0.15) is 0 Å². The van der Waals surface area contributed by atoms with E-state index >= 15 is 0 Å². The Morgan fingerprint density at radius 2 is 1.95 bits per heavy atom. The molecule has 1 aromatic rings. The van der Waals surface area contributed by atoms with Crippen LogP contribution in [0.25, 0.3) is 0 Å². The molecule has 0 radical (unpaired) electrons. The largest absolute Gasteiger partial charge is 0.314 e. The van der Waals surface area contributed by atoms with Crippen LogP contribution in [0.15, 0.2) is 24.3 Å². The maximum Gasteiger partial charge on any atom is 0.269 e. The van der Waals surface area contributed by atoms with Gasteiger partial charge in [-0.05, 0) is 11.0 Å². The Hall–Kier alpha value is -1.46. The maximum atomic E-state index is 11.0. The van der Waals surface area contributed by atoms with Crippen molar-refractivity contribution >= 4 is 5.69 Å². The summed E-state index contributed by atoms with van der Waals surface area (Å²) in [4.78, 5) is 13.1. The van der Waals surface area contributed by atoms with Crippen molar-refractivity contribution in [3.63, 3.8) is 0 Å². The van der Waals surface area contributed by atoms with Gasteiger partial charge in [-0.15, -0.1) is 0 Å². The fraction of sp³-hybridized carbons (Fsp3) is 0.600. The number of non-ortho nitro benzene ring substituents is 1. The number of piperazine rings is 1. The molecule has 0 amide bonds. The summed E-state index contributed by atoms with van der Waals surface area (Å²) in [6.07, 6.45) is 0. The Bertz CT molecular complexity index is 476. The summed E-state index contributed by atoms with van der Waals surface area (Å²) in [5.41, 5.74) is 1.24. The Balaban J connectivity index is 2.35. The van der Waals surface area contributed by atoms with Crippen LogP contribution < -0.4 is 5.32 Å². The second-order valence-corrected chi connectivity index (χ2v) is 6.41. The van der Waals surface area contributed by atoms with Crippen molar-refractivity contribution in [1.29, 1.82) is 0 Å². The second kappa shape index (κ2) is 5.89. The summed E-state index contributed by atoms with van der Waals surface area (Å²) in [6, 6.07) is 7.27. The molecule has 0 bridgehead atoms. The van der Waals surface area contributed by atoms with E-state index in [1.54, 1.807) is 18.2 Å².